The Labute approximate surface area is 132 Å². The van der Waals surface area contributed by atoms with Crippen LogP contribution in [-0.4, -0.2) is 70.7 Å². The van der Waals surface area contributed by atoms with Crippen molar-refractivity contribution >= 4 is 23.6 Å². The fourth-order valence-electron chi connectivity index (χ4n) is 3.50. The topological polar surface area (TPSA) is 99.1 Å². The lowest BCUT2D eigenvalue weighted by atomic mass is 9.83. The minimum absolute atomic E-state index is 0.0315. The molecule has 22 heavy (non-hydrogen) atoms. The van der Waals surface area contributed by atoms with Crippen molar-refractivity contribution in [3.8, 4) is 0 Å². The lowest BCUT2D eigenvalue weighted by Crippen LogP contribution is -2.61. The Morgan fingerprint density at radius 3 is 2.82 bits per heavy atom. The fraction of sp³-hybridized carbons (Fsp3) is 0.714. The third-order valence-electron chi connectivity index (χ3n) is 4.59. The molecule has 2 saturated heterocycles. The SMILES string of the molecule is COC1CNCC1SC1=C(C(=O)O)N2C(=O)C(C(C)O)[C@H]2C1. The summed E-state index contributed by atoms with van der Waals surface area (Å²) in [6.07, 6.45) is -0.224. The van der Waals surface area contributed by atoms with E-state index < -0.39 is 18.0 Å². The maximum Gasteiger partial charge on any atom is 0.353 e. The van der Waals surface area contributed by atoms with Gasteiger partial charge in [-0.25, -0.2) is 4.79 Å². The highest BCUT2D eigenvalue weighted by molar-refractivity contribution is 8.03. The van der Waals surface area contributed by atoms with Gasteiger partial charge in [-0.1, -0.05) is 0 Å². The van der Waals surface area contributed by atoms with Crippen molar-refractivity contribution in [1.29, 1.82) is 0 Å². The molecule has 0 aliphatic carbocycles. The van der Waals surface area contributed by atoms with Gasteiger partial charge in [-0.2, -0.15) is 0 Å². The Morgan fingerprint density at radius 2 is 2.23 bits per heavy atom. The van der Waals surface area contributed by atoms with Gasteiger partial charge >= 0.3 is 5.97 Å². The molecule has 0 aromatic rings. The zero-order valence-corrected chi connectivity index (χ0v) is 13.3. The van der Waals surface area contributed by atoms with E-state index in [-0.39, 0.29) is 29.0 Å². The molecule has 3 N–H and O–H groups in total. The van der Waals surface area contributed by atoms with E-state index in [0.29, 0.717) is 11.3 Å². The number of carboxylic acids is 1. The molecule has 0 aromatic heterocycles. The Kier molecular flexibility index (Phi) is 4.19. The van der Waals surface area contributed by atoms with Crippen LogP contribution in [-0.2, 0) is 14.3 Å². The van der Waals surface area contributed by atoms with E-state index in [1.165, 1.54) is 16.7 Å². The molecule has 7 nitrogen and oxygen atoms in total. The second-order valence-corrected chi connectivity index (χ2v) is 7.25. The number of hydrogen-bond donors (Lipinski definition) is 3. The maximum atomic E-state index is 12.1. The average molecular weight is 328 g/mol. The van der Waals surface area contributed by atoms with Gasteiger partial charge in [0, 0.05) is 36.8 Å². The van der Waals surface area contributed by atoms with Gasteiger partial charge in [0.05, 0.1) is 24.2 Å². The van der Waals surface area contributed by atoms with Crippen LogP contribution >= 0.6 is 11.8 Å². The molecule has 3 heterocycles. The van der Waals surface area contributed by atoms with Crippen LogP contribution in [0.4, 0.5) is 0 Å². The van der Waals surface area contributed by atoms with Crippen LogP contribution in [0.2, 0.25) is 0 Å². The maximum absolute atomic E-state index is 12.1. The number of ether oxygens (including phenoxy) is 1. The predicted molar refractivity (Wildman–Crippen MR) is 80.1 cm³/mol. The quantitative estimate of drug-likeness (QED) is 0.591. The first-order valence-electron chi connectivity index (χ1n) is 7.33. The van der Waals surface area contributed by atoms with E-state index in [9.17, 15) is 19.8 Å². The Balaban J connectivity index is 1.81. The molecule has 5 atom stereocenters. The number of carbonyl (C=O) groups excluding carboxylic acids is 1. The van der Waals surface area contributed by atoms with Gasteiger partial charge in [0.1, 0.15) is 5.70 Å². The van der Waals surface area contributed by atoms with E-state index in [1.54, 1.807) is 14.0 Å². The summed E-state index contributed by atoms with van der Waals surface area (Å²) in [4.78, 5) is 25.8. The monoisotopic (exact) mass is 328 g/mol. The molecule has 3 aliphatic heterocycles. The van der Waals surface area contributed by atoms with Crippen LogP contribution in [0.15, 0.2) is 10.6 Å². The van der Waals surface area contributed by atoms with Crippen LogP contribution in [0.5, 0.6) is 0 Å². The highest BCUT2D eigenvalue weighted by Crippen LogP contribution is 2.48. The van der Waals surface area contributed by atoms with E-state index in [2.05, 4.69) is 5.32 Å². The van der Waals surface area contributed by atoms with Crippen LogP contribution < -0.4 is 5.32 Å². The van der Waals surface area contributed by atoms with Crippen molar-refractivity contribution < 1.29 is 24.5 Å². The van der Waals surface area contributed by atoms with Crippen LogP contribution in [0.3, 0.4) is 0 Å². The number of carbonyl (C=O) groups is 2. The van der Waals surface area contributed by atoms with Gasteiger partial charge in [-0.15, -0.1) is 11.8 Å². The van der Waals surface area contributed by atoms with Crippen LogP contribution in [0.1, 0.15) is 13.3 Å². The largest absolute Gasteiger partial charge is 0.477 e. The fourth-order valence-corrected chi connectivity index (χ4v) is 4.99. The van der Waals surface area contributed by atoms with E-state index in [0.717, 1.165) is 13.1 Å². The number of amides is 1. The van der Waals surface area contributed by atoms with Crippen molar-refractivity contribution in [1.82, 2.24) is 10.2 Å². The summed E-state index contributed by atoms with van der Waals surface area (Å²) in [6.45, 7) is 3.07. The molecule has 0 bridgehead atoms. The molecule has 0 spiro atoms. The molecule has 122 valence electrons. The number of fused-ring (bicyclic) bond motifs is 1. The molecule has 3 aliphatic rings. The summed E-state index contributed by atoms with van der Waals surface area (Å²) in [5.41, 5.74) is 0.0821. The molecule has 3 rings (SSSR count). The van der Waals surface area contributed by atoms with E-state index >= 15 is 0 Å². The number of methoxy groups -OCH3 is 1. The minimum Gasteiger partial charge on any atom is -0.477 e. The number of rotatable bonds is 5. The van der Waals surface area contributed by atoms with Crippen molar-refractivity contribution in [3.63, 3.8) is 0 Å². The number of aliphatic carboxylic acids is 1. The summed E-state index contributed by atoms with van der Waals surface area (Å²) in [6, 6.07) is -0.226. The van der Waals surface area contributed by atoms with E-state index in [4.69, 9.17) is 4.74 Å². The molecular weight excluding hydrogens is 308 g/mol. The second-order valence-electron chi connectivity index (χ2n) is 5.91. The van der Waals surface area contributed by atoms with Crippen molar-refractivity contribution in [3.05, 3.63) is 10.6 Å². The number of carboxylic acid groups (broad SMARTS) is 1. The first-order valence-corrected chi connectivity index (χ1v) is 8.21. The third kappa shape index (κ3) is 2.34. The number of nitrogens with zero attached hydrogens (tertiary/aromatic N) is 1. The molecule has 8 heteroatoms. The number of aliphatic hydroxyl groups is 1. The lowest BCUT2D eigenvalue weighted by molar-refractivity contribution is -0.161. The highest BCUT2D eigenvalue weighted by Gasteiger charge is 2.57. The van der Waals surface area contributed by atoms with Gasteiger partial charge in [0.15, 0.2) is 0 Å². The van der Waals surface area contributed by atoms with Gasteiger partial charge in [0.25, 0.3) is 0 Å². The molecule has 1 amide bonds. The molecule has 0 saturated carbocycles. The van der Waals surface area contributed by atoms with Crippen LogP contribution in [0.25, 0.3) is 0 Å². The summed E-state index contributed by atoms with van der Waals surface area (Å²) < 4.78 is 5.41. The Bertz CT molecular complexity index is 535. The van der Waals surface area contributed by atoms with Crippen LogP contribution in [0, 0.1) is 5.92 Å². The number of aliphatic hydroxyl groups excluding tert-OH is 1. The smallest absolute Gasteiger partial charge is 0.353 e. The number of nitrogens with one attached hydrogen (secondary N) is 1. The number of β-lactam (4-membered cyclic amide) rings is 1. The summed E-state index contributed by atoms with van der Waals surface area (Å²) >= 11 is 1.48. The standard InChI is InChI=1S/C14H20N2O5S/c1-6(17)11-7-3-9(12(14(19)20)16(7)13(11)18)22-10-5-15-4-8(10)21-2/h6-8,10-11,15,17H,3-5H2,1-2H3,(H,19,20)/t6?,7-,8?,10?,11?/m1/s1. The molecule has 0 aromatic carbocycles. The highest BCUT2D eigenvalue weighted by atomic mass is 32.2. The van der Waals surface area contributed by atoms with Gasteiger partial charge in [0.2, 0.25) is 5.91 Å². The predicted octanol–water partition coefficient (Wildman–Crippen LogP) is -0.386. The van der Waals surface area contributed by atoms with Gasteiger partial charge in [-0.3, -0.25) is 4.79 Å². The summed E-state index contributed by atoms with van der Waals surface area (Å²) in [7, 11) is 1.65. The normalized spacial score (nSPS) is 35.6. The zero-order valence-electron chi connectivity index (χ0n) is 12.5. The molecular formula is C14H20N2O5S. The van der Waals surface area contributed by atoms with Crippen molar-refractivity contribution in [2.24, 2.45) is 5.92 Å². The summed E-state index contributed by atoms with van der Waals surface area (Å²) in [5.74, 6) is -1.87. The average Bonchev–Trinajstić information content (AvgIpc) is 3.01. The summed E-state index contributed by atoms with van der Waals surface area (Å²) in [5, 5.41) is 22.5. The molecule has 2 fully saturated rings. The van der Waals surface area contributed by atoms with Crippen molar-refractivity contribution in [2.45, 2.75) is 36.8 Å². The van der Waals surface area contributed by atoms with Gasteiger partial charge in [-0.05, 0) is 6.92 Å². The Hall–Kier alpha value is -1.09. The Morgan fingerprint density at radius 1 is 1.50 bits per heavy atom. The number of hydrogen-bond acceptors (Lipinski definition) is 6. The first-order chi connectivity index (χ1) is 10.5. The third-order valence-corrected chi connectivity index (χ3v) is 6.01. The second kappa shape index (κ2) is 5.84. The first kappa shape index (κ1) is 15.8. The van der Waals surface area contributed by atoms with E-state index in [1.807, 2.05) is 0 Å². The molecule has 0 radical (unpaired) electrons. The minimum atomic E-state index is -1.08. The molecule has 4 unspecified atom stereocenters. The zero-order chi connectivity index (χ0) is 16.0. The van der Waals surface area contributed by atoms with Gasteiger partial charge < -0.3 is 25.2 Å². The number of thioether (sulfide) groups is 1. The lowest BCUT2D eigenvalue weighted by Gasteiger charge is -2.44. The van der Waals surface area contributed by atoms with Crippen molar-refractivity contribution in [2.75, 3.05) is 20.2 Å².